The number of nitrogens with one attached hydrogen (secondary N) is 1. The maximum Gasteiger partial charge on any atom is 0.219 e. The summed E-state index contributed by atoms with van der Waals surface area (Å²) in [6.07, 6.45) is 3.80. The van der Waals surface area contributed by atoms with Crippen molar-refractivity contribution in [2.24, 2.45) is 5.73 Å². The molecule has 82 valence electrons. The molecule has 4 heteroatoms. The van der Waals surface area contributed by atoms with Gasteiger partial charge in [-0.3, -0.25) is 9.78 Å². The number of pyridine rings is 1. The van der Waals surface area contributed by atoms with E-state index >= 15 is 0 Å². The predicted molar refractivity (Wildman–Crippen MR) is 60.5 cm³/mol. The number of hydrogen-bond acceptors (Lipinski definition) is 3. The number of rotatable bonds is 4. The van der Waals surface area contributed by atoms with Crippen LogP contribution in [-0.4, -0.2) is 16.4 Å². The third-order valence-corrected chi connectivity index (χ3v) is 2.11. The van der Waals surface area contributed by atoms with Gasteiger partial charge in [0.1, 0.15) is 0 Å². The minimum absolute atomic E-state index is 0.300. The third kappa shape index (κ3) is 3.58. The summed E-state index contributed by atoms with van der Waals surface area (Å²) in [6, 6.07) is 1.89. The molecule has 0 spiro atoms. The van der Waals surface area contributed by atoms with Gasteiger partial charge < -0.3 is 11.1 Å². The molecule has 15 heavy (non-hydrogen) atoms. The molecule has 0 saturated carbocycles. The highest BCUT2D eigenvalue weighted by molar-refractivity contribution is 5.75. The first-order valence-corrected chi connectivity index (χ1v) is 4.88. The van der Waals surface area contributed by atoms with Gasteiger partial charge >= 0.3 is 0 Å². The van der Waals surface area contributed by atoms with Crippen molar-refractivity contribution in [3.8, 4) is 0 Å². The molecule has 4 nitrogen and oxygen atoms in total. The molecule has 0 aliphatic heterocycles. The summed E-state index contributed by atoms with van der Waals surface area (Å²) >= 11 is 0. The number of carbonyl (C=O) groups is 1. The van der Waals surface area contributed by atoms with Gasteiger partial charge in [0.25, 0.3) is 0 Å². The Morgan fingerprint density at radius 3 is 2.80 bits per heavy atom. The van der Waals surface area contributed by atoms with E-state index < -0.39 is 0 Å². The third-order valence-electron chi connectivity index (χ3n) is 2.11. The van der Waals surface area contributed by atoms with E-state index in [1.54, 1.807) is 12.4 Å². The molecule has 0 aliphatic rings. The topological polar surface area (TPSA) is 68.0 Å². The molecule has 0 aromatic carbocycles. The normalized spacial score (nSPS) is 11.1. The van der Waals surface area contributed by atoms with Crippen molar-refractivity contribution in [3.05, 3.63) is 24.0 Å². The summed E-state index contributed by atoms with van der Waals surface area (Å²) in [7, 11) is 0. The van der Waals surface area contributed by atoms with Crippen LogP contribution in [0, 0.1) is 6.92 Å². The van der Waals surface area contributed by atoms with Gasteiger partial charge in [0.2, 0.25) is 5.91 Å². The molecule has 1 amide bonds. The molecule has 0 saturated heterocycles. The van der Waals surface area contributed by atoms with Crippen molar-refractivity contribution in [2.45, 2.75) is 32.7 Å². The van der Waals surface area contributed by atoms with Gasteiger partial charge in [-0.05, 0) is 32.4 Å². The zero-order valence-electron chi connectivity index (χ0n) is 9.37. The van der Waals surface area contributed by atoms with E-state index in [-0.39, 0.29) is 11.4 Å². The van der Waals surface area contributed by atoms with Crippen LogP contribution in [-0.2, 0) is 4.79 Å². The molecule has 0 unspecified atom stereocenters. The molecule has 1 rings (SSSR count). The Morgan fingerprint density at radius 2 is 2.27 bits per heavy atom. The second kappa shape index (κ2) is 4.29. The summed E-state index contributed by atoms with van der Waals surface area (Å²) in [5.41, 5.74) is 6.88. The van der Waals surface area contributed by atoms with Gasteiger partial charge in [-0.2, -0.15) is 0 Å². The number of carbonyl (C=O) groups excluding carboxylic acids is 1. The first-order chi connectivity index (χ1) is 6.91. The molecule has 0 fully saturated rings. The summed E-state index contributed by atoms with van der Waals surface area (Å²) in [5, 5.41) is 3.28. The Bertz CT molecular complexity index is 361. The van der Waals surface area contributed by atoms with E-state index in [1.807, 2.05) is 26.8 Å². The Kier molecular flexibility index (Phi) is 3.29. The van der Waals surface area contributed by atoms with Crippen molar-refractivity contribution in [3.63, 3.8) is 0 Å². The van der Waals surface area contributed by atoms with Gasteiger partial charge in [-0.15, -0.1) is 0 Å². The lowest BCUT2D eigenvalue weighted by atomic mass is 9.99. The van der Waals surface area contributed by atoms with Crippen molar-refractivity contribution in [1.82, 2.24) is 4.98 Å². The predicted octanol–water partition coefficient (Wildman–Crippen LogP) is 1.46. The molecule has 1 heterocycles. The molecule has 3 N–H and O–H groups in total. The molecule has 1 aromatic rings. The average Bonchev–Trinajstić information content (AvgIpc) is 2.06. The van der Waals surface area contributed by atoms with E-state index in [0.29, 0.717) is 6.42 Å². The van der Waals surface area contributed by atoms with E-state index in [9.17, 15) is 4.79 Å². The number of aromatic nitrogens is 1. The van der Waals surface area contributed by atoms with Gasteiger partial charge in [-0.25, -0.2) is 0 Å². The van der Waals surface area contributed by atoms with Crippen LogP contribution in [0.25, 0.3) is 0 Å². The number of nitrogens with two attached hydrogens (primary N) is 1. The molecule has 1 aromatic heterocycles. The first kappa shape index (κ1) is 11.5. The Labute approximate surface area is 89.9 Å². The van der Waals surface area contributed by atoms with E-state index in [2.05, 4.69) is 10.3 Å². The molecular weight excluding hydrogens is 190 g/mol. The number of amides is 1. The SMILES string of the molecule is Cc1cnccc1NC(C)(C)CC(N)=O. The smallest absolute Gasteiger partial charge is 0.219 e. The van der Waals surface area contributed by atoms with E-state index in [0.717, 1.165) is 11.3 Å². The second-order valence-electron chi connectivity index (χ2n) is 4.34. The molecule has 0 radical (unpaired) electrons. The standard InChI is InChI=1S/C11H17N3O/c1-8-7-13-5-4-9(8)14-11(2,3)6-10(12)15/h4-5,7H,6H2,1-3H3,(H2,12,15)(H,13,14). The average molecular weight is 207 g/mol. The first-order valence-electron chi connectivity index (χ1n) is 4.88. The lowest BCUT2D eigenvalue weighted by molar-refractivity contribution is -0.118. The maximum atomic E-state index is 10.9. The minimum Gasteiger partial charge on any atom is -0.379 e. The lowest BCUT2D eigenvalue weighted by Gasteiger charge is -2.26. The molecule has 0 aliphatic carbocycles. The zero-order valence-corrected chi connectivity index (χ0v) is 9.37. The van der Waals surface area contributed by atoms with Crippen molar-refractivity contribution in [2.75, 3.05) is 5.32 Å². The van der Waals surface area contributed by atoms with Gasteiger partial charge in [0, 0.05) is 30.0 Å². The van der Waals surface area contributed by atoms with Crippen molar-refractivity contribution < 1.29 is 4.79 Å². The fraction of sp³-hybridized carbons (Fsp3) is 0.455. The molecule has 0 atom stereocenters. The number of hydrogen-bond donors (Lipinski definition) is 2. The van der Waals surface area contributed by atoms with Crippen molar-refractivity contribution >= 4 is 11.6 Å². The van der Waals surface area contributed by atoms with Gasteiger partial charge in [0.05, 0.1) is 0 Å². The van der Waals surface area contributed by atoms with Crippen LogP contribution >= 0.6 is 0 Å². The number of anilines is 1. The van der Waals surface area contributed by atoms with Crippen LogP contribution in [0.3, 0.4) is 0 Å². The molecule has 0 bridgehead atoms. The Morgan fingerprint density at radius 1 is 1.60 bits per heavy atom. The van der Waals surface area contributed by atoms with Crippen LogP contribution in [0.2, 0.25) is 0 Å². The fourth-order valence-corrected chi connectivity index (χ4v) is 1.46. The molecular formula is C11H17N3O. The van der Waals surface area contributed by atoms with Gasteiger partial charge in [0.15, 0.2) is 0 Å². The highest BCUT2D eigenvalue weighted by Crippen LogP contribution is 2.20. The van der Waals surface area contributed by atoms with E-state index in [4.69, 9.17) is 5.73 Å². The van der Waals surface area contributed by atoms with Crippen molar-refractivity contribution in [1.29, 1.82) is 0 Å². The Balaban J connectivity index is 2.77. The van der Waals surface area contributed by atoms with Crippen LogP contribution in [0.1, 0.15) is 25.8 Å². The Hall–Kier alpha value is -1.58. The largest absolute Gasteiger partial charge is 0.379 e. The second-order valence-corrected chi connectivity index (χ2v) is 4.34. The minimum atomic E-state index is -0.335. The van der Waals surface area contributed by atoms with Gasteiger partial charge in [-0.1, -0.05) is 0 Å². The number of primary amides is 1. The summed E-state index contributed by atoms with van der Waals surface area (Å²) < 4.78 is 0. The summed E-state index contributed by atoms with van der Waals surface area (Å²) in [4.78, 5) is 14.9. The van der Waals surface area contributed by atoms with Crippen LogP contribution in [0.15, 0.2) is 18.5 Å². The maximum absolute atomic E-state index is 10.9. The monoisotopic (exact) mass is 207 g/mol. The lowest BCUT2D eigenvalue weighted by Crippen LogP contribution is -2.36. The quantitative estimate of drug-likeness (QED) is 0.785. The highest BCUT2D eigenvalue weighted by atomic mass is 16.1. The zero-order chi connectivity index (χ0) is 11.5. The fourth-order valence-electron chi connectivity index (χ4n) is 1.46. The van der Waals surface area contributed by atoms with E-state index in [1.165, 1.54) is 0 Å². The number of nitrogens with zero attached hydrogens (tertiary/aromatic N) is 1. The number of aryl methyl sites for hydroxylation is 1. The van der Waals surface area contributed by atoms with Crippen LogP contribution < -0.4 is 11.1 Å². The van der Waals surface area contributed by atoms with Crippen LogP contribution in [0.5, 0.6) is 0 Å². The summed E-state index contributed by atoms with van der Waals surface area (Å²) in [5.74, 6) is -0.306. The van der Waals surface area contributed by atoms with Crippen LogP contribution in [0.4, 0.5) is 5.69 Å². The summed E-state index contributed by atoms with van der Waals surface area (Å²) in [6.45, 7) is 5.85. The highest BCUT2D eigenvalue weighted by Gasteiger charge is 2.20.